The number of rotatable bonds is 1. The number of hydrogen-bond acceptors (Lipinski definition) is 1. The quantitative estimate of drug-likeness (QED) is 0.690. The van der Waals surface area contributed by atoms with Crippen LogP contribution in [0.4, 0.5) is 0 Å². The van der Waals surface area contributed by atoms with Gasteiger partial charge in [-0.25, -0.2) is 0 Å². The zero-order chi connectivity index (χ0) is 9.97. The van der Waals surface area contributed by atoms with E-state index in [2.05, 4.69) is 0 Å². The first-order valence-corrected chi connectivity index (χ1v) is 5.40. The van der Waals surface area contributed by atoms with Crippen LogP contribution in [0.3, 0.4) is 0 Å². The van der Waals surface area contributed by atoms with Gasteiger partial charge in [0, 0.05) is 17.9 Å². The molecule has 0 aliphatic heterocycles. The fraction of sp³-hybridized carbons (Fsp3) is 0.417. The Morgan fingerprint density at radius 3 is 2.57 bits per heavy atom. The molecular formula is C12H13ClO. The molecule has 0 heterocycles. The van der Waals surface area contributed by atoms with Gasteiger partial charge in [-0.15, -0.1) is 0 Å². The van der Waals surface area contributed by atoms with Crippen molar-refractivity contribution in [1.82, 2.24) is 0 Å². The lowest BCUT2D eigenvalue weighted by atomic mass is 9.83. The van der Waals surface area contributed by atoms with Crippen molar-refractivity contribution in [2.24, 2.45) is 0 Å². The van der Waals surface area contributed by atoms with Gasteiger partial charge in [-0.2, -0.15) is 0 Å². The standard InChI is InChI=1S/C12H13ClO/c13-11-6-4-9(5-7-11)10-2-1-3-12(14)8-10/h4-7,10H,1-3,8H2. The fourth-order valence-corrected chi connectivity index (χ4v) is 2.17. The molecule has 1 fully saturated rings. The predicted molar refractivity (Wildman–Crippen MR) is 57.7 cm³/mol. The van der Waals surface area contributed by atoms with E-state index in [1.807, 2.05) is 24.3 Å². The van der Waals surface area contributed by atoms with Crippen molar-refractivity contribution in [2.45, 2.75) is 31.6 Å². The summed E-state index contributed by atoms with van der Waals surface area (Å²) in [6, 6.07) is 7.86. The largest absolute Gasteiger partial charge is 0.300 e. The van der Waals surface area contributed by atoms with Gasteiger partial charge in [0.2, 0.25) is 0 Å². The van der Waals surface area contributed by atoms with Crippen LogP contribution in [-0.4, -0.2) is 5.78 Å². The minimum absolute atomic E-state index is 0.399. The van der Waals surface area contributed by atoms with Crippen LogP contribution in [0.5, 0.6) is 0 Å². The average Bonchev–Trinajstić information content (AvgIpc) is 2.19. The van der Waals surface area contributed by atoms with Gasteiger partial charge in [0.25, 0.3) is 0 Å². The fourth-order valence-electron chi connectivity index (χ4n) is 2.04. The highest BCUT2D eigenvalue weighted by atomic mass is 35.5. The lowest BCUT2D eigenvalue weighted by molar-refractivity contribution is -0.120. The Labute approximate surface area is 89.1 Å². The minimum Gasteiger partial charge on any atom is -0.300 e. The highest BCUT2D eigenvalue weighted by Gasteiger charge is 2.20. The molecular weight excluding hydrogens is 196 g/mol. The number of ketones is 1. The molecule has 1 unspecified atom stereocenters. The van der Waals surface area contributed by atoms with Gasteiger partial charge >= 0.3 is 0 Å². The normalized spacial score (nSPS) is 22.4. The molecule has 1 aliphatic rings. The van der Waals surface area contributed by atoms with Crippen molar-refractivity contribution in [3.8, 4) is 0 Å². The molecule has 2 rings (SSSR count). The van der Waals surface area contributed by atoms with Crippen molar-refractivity contribution in [2.75, 3.05) is 0 Å². The molecule has 0 aromatic heterocycles. The SMILES string of the molecule is O=C1CCCC(c2ccc(Cl)cc2)C1. The number of Topliss-reactive ketones (excluding diaryl/α,β-unsaturated/α-hetero) is 1. The Kier molecular flexibility index (Phi) is 2.87. The summed E-state index contributed by atoms with van der Waals surface area (Å²) in [7, 11) is 0. The van der Waals surface area contributed by atoms with E-state index in [-0.39, 0.29) is 0 Å². The number of carbonyl (C=O) groups is 1. The zero-order valence-corrected chi connectivity index (χ0v) is 8.76. The van der Waals surface area contributed by atoms with E-state index >= 15 is 0 Å². The van der Waals surface area contributed by atoms with Gasteiger partial charge in [-0.05, 0) is 36.5 Å². The lowest BCUT2D eigenvalue weighted by Gasteiger charge is -2.20. The number of carbonyl (C=O) groups excluding carboxylic acids is 1. The van der Waals surface area contributed by atoms with Crippen LogP contribution in [0.25, 0.3) is 0 Å². The van der Waals surface area contributed by atoms with E-state index in [9.17, 15) is 4.79 Å². The number of benzene rings is 1. The molecule has 1 aromatic rings. The molecule has 1 atom stereocenters. The predicted octanol–water partition coefficient (Wildman–Crippen LogP) is 3.57. The van der Waals surface area contributed by atoms with Crippen LogP contribution < -0.4 is 0 Å². The van der Waals surface area contributed by atoms with Crippen molar-refractivity contribution >= 4 is 17.4 Å². The lowest BCUT2D eigenvalue weighted by Crippen LogP contribution is -2.13. The van der Waals surface area contributed by atoms with E-state index in [0.29, 0.717) is 18.1 Å². The van der Waals surface area contributed by atoms with Crippen molar-refractivity contribution in [1.29, 1.82) is 0 Å². The Balaban J connectivity index is 2.14. The van der Waals surface area contributed by atoms with Crippen LogP contribution in [0.15, 0.2) is 24.3 Å². The summed E-state index contributed by atoms with van der Waals surface area (Å²) in [6.45, 7) is 0. The number of hydrogen-bond donors (Lipinski definition) is 0. The van der Waals surface area contributed by atoms with Gasteiger partial charge < -0.3 is 0 Å². The summed E-state index contributed by atoms with van der Waals surface area (Å²) in [5.41, 5.74) is 1.25. The van der Waals surface area contributed by atoms with Crippen molar-refractivity contribution in [3.63, 3.8) is 0 Å². The molecule has 0 N–H and O–H groups in total. The first-order chi connectivity index (χ1) is 6.75. The van der Waals surface area contributed by atoms with E-state index in [1.54, 1.807) is 0 Å². The smallest absolute Gasteiger partial charge is 0.133 e. The molecule has 0 radical (unpaired) electrons. The van der Waals surface area contributed by atoms with Crippen LogP contribution >= 0.6 is 11.6 Å². The second-order valence-electron chi connectivity index (χ2n) is 3.88. The molecule has 0 spiro atoms. The summed E-state index contributed by atoms with van der Waals surface area (Å²) in [6.07, 6.45) is 3.64. The van der Waals surface area contributed by atoms with Crippen LogP contribution in [-0.2, 0) is 4.79 Å². The topological polar surface area (TPSA) is 17.1 Å². The Morgan fingerprint density at radius 1 is 1.21 bits per heavy atom. The maximum atomic E-state index is 11.3. The van der Waals surface area contributed by atoms with Crippen molar-refractivity contribution in [3.05, 3.63) is 34.9 Å². The third-order valence-electron chi connectivity index (χ3n) is 2.82. The molecule has 1 aromatic carbocycles. The van der Waals surface area contributed by atoms with E-state index in [0.717, 1.165) is 24.3 Å². The second-order valence-corrected chi connectivity index (χ2v) is 4.32. The first kappa shape index (κ1) is 9.72. The summed E-state index contributed by atoms with van der Waals surface area (Å²) in [5.74, 6) is 0.824. The maximum Gasteiger partial charge on any atom is 0.133 e. The molecule has 0 saturated heterocycles. The van der Waals surface area contributed by atoms with Gasteiger partial charge in [-0.3, -0.25) is 4.79 Å². The Bertz CT molecular complexity index is 329. The highest BCUT2D eigenvalue weighted by molar-refractivity contribution is 6.30. The molecule has 14 heavy (non-hydrogen) atoms. The summed E-state index contributed by atoms with van der Waals surface area (Å²) in [4.78, 5) is 11.3. The van der Waals surface area contributed by atoms with Crippen LogP contribution in [0.1, 0.15) is 37.2 Å². The molecule has 74 valence electrons. The molecule has 0 amide bonds. The van der Waals surface area contributed by atoms with Gasteiger partial charge in [0.1, 0.15) is 5.78 Å². The number of halogens is 1. The van der Waals surface area contributed by atoms with Crippen LogP contribution in [0, 0.1) is 0 Å². The molecule has 2 heteroatoms. The third-order valence-corrected chi connectivity index (χ3v) is 3.08. The van der Waals surface area contributed by atoms with Crippen molar-refractivity contribution < 1.29 is 4.79 Å². The minimum atomic E-state index is 0.399. The molecule has 0 bridgehead atoms. The zero-order valence-electron chi connectivity index (χ0n) is 8.00. The third kappa shape index (κ3) is 2.16. The van der Waals surface area contributed by atoms with E-state index < -0.39 is 0 Å². The van der Waals surface area contributed by atoms with Gasteiger partial charge in [0.15, 0.2) is 0 Å². The van der Waals surface area contributed by atoms with Gasteiger partial charge in [0.05, 0.1) is 0 Å². The summed E-state index contributed by atoms with van der Waals surface area (Å²) < 4.78 is 0. The summed E-state index contributed by atoms with van der Waals surface area (Å²) >= 11 is 5.81. The average molecular weight is 209 g/mol. The Hall–Kier alpha value is -0.820. The molecule has 1 saturated carbocycles. The molecule has 1 aliphatic carbocycles. The monoisotopic (exact) mass is 208 g/mol. The van der Waals surface area contributed by atoms with E-state index in [1.165, 1.54) is 5.56 Å². The second kappa shape index (κ2) is 4.14. The van der Waals surface area contributed by atoms with E-state index in [4.69, 9.17) is 11.6 Å². The maximum absolute atomic E-state index is 11.3. The highest BCUT2D eigenvalue weighted by Crippen LogP contribution is 2.31. The van der Waals surface area contributed by atoms with Crippen LogP contribution in [0.2, 0.25) is 5.02 Å². The molecule has 1 nitrogen and oxygen atoms in total. The first-order valence-electron chi connectivity index (χ1n) is 5.03. The summed E-state index contributed by atoms with van der Waals surface area (Å²) in [5, 5.41) is 0.760. The van der Waals surface area contributed by atoms with Gasteiger partial charge in [-0.1, -0.05) is 23.7 Å². The Morgan fingerprint density at radius 2 is 1.93 bits per heavy atom.